The molecule has 0 aliphatic carbocycles. The molecule has 3 N–H and O–H groups in total. The van der Waals surface area contributed by atoms with Crippen LogP contribution in [-0.2, 0) is 19.6 Å². The zero-order chi connectivity index (χ0) is 12.6. The van der Waals surface area contributed by atoms with Crippen LogP contribution in [0.1, 0.15) is 32.6 Å². The van der Waals surface area contributed by atoms with Crippen LogP contribution < -0.4 is 5.73 Å². The molecule has 16 heavy (non-hydrogen) atoms. The Bertz CT molecular complexity index is 301. The van der Waals surface area contributed by atoms with Crippen LogP contribution in [0.25, 0.3) is 0 Å². The van der Waals surface area contributed by atoms with Gasteiger partial charge in [0, 0.05) is 0 Å². The summed E-state index contributed by atoms with van der Waals surface area (Å²) in [4.78, 5) is 11.1. The Morgan fingerprint density at radius 1 is 1.38 bits per heavy atom. The van der Waals surface area contributed by atoms with Crippen LogP contribution in [-0.4, -0.2) is 37.3 Å². The van der Waals surface area contributed by atoms with Gasteiger partial charge >= 0.3 is 5.97 Å². The van der Waals surface area contributed by atoms with Crippen molar-refractivity contribution in [2.45, 2.75) is 38.6 Å². The first-order valence-corrected chi connectivity index (χ1v) is 6.85. The summed E-state index contributed by atoms with van der Waals surface area (Å²) in [7, 11) is -4.23. The summed E-state index contributed by atoms with van der Waals surface area (Å²) in [6.45, 7) is 2.30. The van der Waals surface area contributed by atoms with Gasteiger partial charge in [-0.15, -0.1) is 0 Å². The van der Waals surface area contributed by atoms with Crippen molar-refractivity contribution in [1.29, 1.82) is 0 Å². The molecule has 7 heteroatoms. The van der Waals surface area contributed by atoms with Gasteiger partial charge in [-0.1, -0.05) is 26.2 Å². The summed E-state index contributed by atoms with van der Waals surface area (Å²) < 4.78 is 34.1. The van der Waals surface area contributed by atoms with E-state index in [1.807, 2.05) is 0 Å². The van der Waals surface area contributed by atoms with Crippen LogP contribution in [0, 0.1) is 0 Å². The smallest absolute Gasteiger partial charge is 0.324 e. The molecule has 0 radical (unpaired) electrons. The van der Waals surface area contributed by atoms with E-state index in [1.165, 1.54) is 0 Å². The Balaban J connectivity index is 3.72. The molecule has 0 rings (SSSR count). The summed E-state index contributed by atoms with van der Waals surface area (Å²) in [5, 5.41) is 0. The molecule has 0 saturated heterocycles. The van der Waals surface area contributed by atoms with E-state index in [4.69, 9.17) is 15.0 Å². The molecule has 0 aliphatic rings. The summed E-state index contributed by atoms with van der Waals surface area (Å²) in [6, 6.07) is -1.32. The minimum Gasteiger partial charge on any atom is -0.465 e. The highest BCUT2D eigenvalue weighted by Crippen LogP contribution is 2.00. The second kappa shape index (κ2) is 7.59. The van der Waals surface area contributed by atoms with Crippen LogP contribution in [0.15, 0.2) is 0 Å². The lowest BCUT2D eigenvalue weighted by molar-refractivity contribution is -0.144. The maximum Gasteiger partial charge on any atom is 0.324 e. The van der Waals surface area contributed by atoms with Crippen molar-refractivity contribution in [3.63, 3.8) is 0 Å². The molecule has 0 amide bonds. The first-order chi connectivity index (χ1) is 7.37. The van der Waals surface area contributed by atoms with Crippen molar-refractivity contribution < 1.29 is 22.5 Å². The number of esters is 1. The Morgan fingerprint density at radius 2 is 2.00 bits per heavy atom. The highest BCUT2D eigenvalue weighted by molar-refractivity contribution is 7.85. The second-order valence-corrected chi connectivity index (χ2v) is 5.08. The Kier molecular flexibility index (Phi) is 7.27. The van der Waals surface area contributed by atoms with Crippen molar-refractivity contribution >= 4 is 16.1 Å². The molecule has 0 aromatic carbocycles. The van der Waals surface area contributed by atoms with Gasteiger partial charge in [-0.25, -0.2) is 0 Å². The average molecular weight is 253 g/mol. The highest BCUT2D eigenvalue weighted by atomic mass is 32.2. The zero-order valence-corrected chi connectivity index (χ0v) is 10.2. The summed E-state index contributed by atoms with van der Waals surface area (Å²) in [5.41, 5.74) is 5.23. The molecule has 0 unspecified atom stereocenters. The molecular weight excluding hydrogens is 234 g/mol. The van der Waals surface area contributed by atoms with E-state index >= 15 is 0 Å². The fourth-order valence-electron chi connectivity index (χ4n) is 1.10. The number of unbranched alkanes of at least 4 members (excludes halogenated alkanes) is 3. The normalized spacial score (nSPS) is 13.4. The molecule has 0 bridgehead atoms. The Hall–Kier alpha value is -0.660. The third-order valence-corrected chi connectivity index (χ3v) is 2.72. The second-order valence-electron chi connectivity index (χ2n) is 3.58. The number of rotatable bonds is 8. The van der Waals surface area contributed by atoms with Crippen molar-refractivity contribution in [1.82, 2.24) is 0 Å². The summed E-state index contributed by atoms with van der Waals surface area (Å²) in [5.74, 6) is -1.60. The first-order valence-electron chi connectivity index (χ1n) is 5.24. The minimum atomic E-state index is -4.23. The van der Waals surface area contributed by atoms with E-state index in [2.05, 4.69) is 6.92 Å². The van der Waals surface area contributed by atoms with Gasteiger partial charge in [-0.3, -0.25) is 9.35 Å². The third-order valence-electron chi connectivity index (χ3n) is 1.94. The predicted molar refractivity (Wildman–Crippen MR) is 59.5 cm³/mol. The van der Waals surface area contributed by atoms with Crippen LogP contribution in [0.5, 0.6) is 0 Å². The van der Waals surface area contributed by atoms with Crippen LogP contribution in [0.4, 0.5) is 0 Å². The quantitative estimate of drug-likeness (QED) is 0.366. The Labute approximate surface area is 95.9 Å². The first kappa shape index (κ1) is 15.3. The Morgan fingerprint density at radius 3 is 2.50 bits per heavy atom. The number of hydrogen-bond donors (Lipinski definition) is 2. The van der Waals surface area contributed by atoms with Gasteiger partial charge in [-0.2, -0.15) is 8.42 Å². The lowest BCUT2D eigenvalue weighted by Gasteiger charge is -2.09. The van der Waals surface area contributed by atoms with E-state index in [0.717, 1.165) is 25.7 Å². The van der Waals surface area contributed by atoms with Crippen molar-refractivity contribution in [2.24, 2.45) is 5.73 Å². The van der Waals surface area contributed by atoms with Gasteiger partial charge in [0.25, 0.3) is 10.1 Å². The summed E-state index contributed by atoms with van der Waals surface area (Å²) >= 11 is 0. The summed E-state index contributed by atoms with van der Waals surface area (Å²) in [6.07, 6.45) is 3.83. The highest BCUT2D eigenvalue weighted by Gasteiger charge is 2.21. The van der Waals surface area contributed by atoms with Gasteiger partial charge in [0.1, 0.15) is 11.8 Å². The molecule has 1 atom stereocenters. The van der Waals surface area contributed by atoms with Gasteiger partial charge in [-0.05, 0) is 6.42 Å². The number of carbonyl (C=O) groups excluding carboxylic acids is 1. The van der Waals surface area contributed by atoms with Gasteiger partial charge < -0.3 is 10.5 Å². The van der Waals surface area contributed by atoms with E-state index < -0.39 is 27.9 Å². The topological polar surface area (TPSA) is 107 Å². The number of ether oxygens (including phenoxy) is 1. The SMILES string of the molecule is CCCCCCOC(=O)[C@@H](N)CS(=O)(=O)O. The fourth-order valence-corrected chi connectivity index (χ4v) is 1.69. The molecule has 0 fully saturated rings. The molecule has 0 aromatic heterocycles. The van der Waals surface area contributed by atoms with Crippen molar-refractivity contribution in [3.8, 4) is 0 Å². The van der Waals surface area contributed by atoms with Crippen LogP contribution in [0.3, 0.4) is 0 Å². The minimum absolute atomic E-state index is 0.234. The average Bonchev–Trinajstić information content (AvgIpc) is 2.14. The fraction of sp³-hybridized carbons (Fsp3) is 0.889. The molecule has 6 nitrogen and oxygen atoms in total. The molecule has 96 valence electrons. The maximum atomic E-state index is 11.1. The maximum absolute atomic E-state index is 11.1. The van der Waals surface area contributed by atoms with Crippen molar-refractivity contribution in [2.75, 3.05) is 12.4 Å². The number of hydrogen-bond acceptors (Lipinski definition) is 5. The lowest BCUT2D eigenvalue weighted by Crippen LogP contribution is -2.38. The van der Waals surface area contributed by atoms with E-state index in [1.54, 1.807) is 0 Å². The molecule has 0 spiro atoms. The molecule has 0 aromatic rings. The lowest BCUT2D eigenvalue weighted by atomic mass is 10.2. The van der Waals surface area contributed by atoms with E-state index in [9.17, 15) is 13.2 Å². The number of nitrogens with two attached hydrogens (primary N) is 1. The van der Waals surface area contributed by atoms with Crippen LogP contribution >= 0.6 is 0 Å². The number of carbonyl (C=O) groups is 1. The predicted octanol–water partition coefficient (Wildman–Crippen LogP) is 0.325. The van der Waals surface area contributed by atoms with Gasteiger partial charge in [0.15, 0.2) is 0 Å². The third kappa shape index (κ3) is 8.63. The molecular formula is C9H19NO5S. The van der Waals surface area contributed by atoms with E-state index in [-0.39, 0.29) is 6.61 Å². The molecule has 0 saturated carbocycles. The van der Waals surface area contributed by atoms with Crippen LogP contribution in [0.2, 0.25) is 0 Å². The van der Waals surface area contributed by atoms with E-state index in [0.29, 0.717) is 0 Å². The molecule has 0 aliphatic heterocycles. The van der Waals surface area contributed by atoms with Gasteiger partial charge in [0.2, 0.25) is 0 Å². The molecule has 0 heterocycles. The standard InChI is InChI=1S/C9H19NO5S/c1-2-3-4-5-6-15-9(11)8(10)7-16(12,13)14/h8H,2-7,10H2,1H3,(H,12,13,14)/t8-/m0/s1. The zero-order valence-electron chi connectivity index (χ0n) is 9.39. The van der Waals surface area contributed by atoms with Gasteiger partial charge in [0.05, 0.1) is 6.61 Å². The largest absolute Gasteiger partial charge is 0.465 e. The van der Waals surface area contributed by atoms with Crippen molar-refractivity contribution in [3.05, 3.63) is 0 Å². The monoisotopic (exact) mass is 253 g/mol.